The fourth-order valence-corrected chi connectivity index (χ4v) is 3.00. The van der Waals surface area contributed by atoms with Gasteiger partial charge in [0.2, 0.25) is 5.91 Å². The van der Waals surface area contributed by atoms with Gasteiger partial charge in [-0.15, -0.1) is 0 Å². The minimum atomic E-state index is -0.513. The Morgan fingerprint density at radius 3 is 2.56 bits per heavy atom. The Morgan fingerprint density at radius 1 is 1.32 bits per heavy atom. The van der Waals surface area contributed by atoms with Gasteiger partial charge in [0, 0.05) is 44.7 Å². The Hall–Kier alpha value is -2.64. The fourth-order valence-electron chi connectivity index (χ4n) is 3.00. The van der Waals surface area contributed by atoms with Gasteiger partial charge in [-0.2, -0.15) is 0 Å². The van der Waals surface area contributed by atoms with E-state index in [1.54, 1.807) is 6.07 Å². The van der Waals surface area contributed by atoms with Crippen molar-refractivity contribution >= 4 is 23.2 Å². The van der Waals surface area contributed by atoms with Crippen molar-refractivity contribution in [2.75, 3.05) is 31.6 Å². The Morgan fingerprint density at radius 2 is 2.00 bits per heavy atom. The highest BCUT2D eigenvalue weighted by atomic mass is 16.6. The molecule has 1 aromatic rings. The van der Waals surface area contributed by atoms with Crippen LogP contribution in [0.25, 0.3) is 0 Å². The monoisotopic (exact) mass is 348 g/mol. The maximum absolute atomic E-state index is 12.1. The molecule has 0 aromatic heterocycles. The largest absolute Gasteiger partial charge is 0.371 e. The molecule has 0 atom stereocenters. The number of benzene rings is 1. The van der Waals surface area contributed by atoms with Crippen molar-refractivity contribution in [2.45, 2.75) is 26.2 Å². The lowest BCUT2D eigenvalue weighted by Crippen LogP contribution is -2.41. The minimum absolute atomic E-state index is 0.0238. The van der Waals surface area contributed by atoms with E-state index >= 15 is 0 Å². The maximum Gasteiger partial charge on any atom is 0.270 e. The van der Waals surface area contributed by atoms with Crippen LogP contribution >= 0.6 is 0 Å². The molecule has 0 unspecified atom stereocenters. The number of nitrogens with zero attached hydrogens (tertiary/aromatic N) is 2. The molecule has 1 heterocycles. The van der Waals surface area contributed by atoms with Gasteiger partial charge >= 0.3 is 0 Å². The van der Waals surface area contributed by atoms with Gasteiger partial charge in [0.15, 0.2) is 0 Å². The van der Waals surface area contributed by atoms with E-state index in [4.69, 9.17) is 0 Å². The highest BCUT2D eigenvalue weighted by Crippen LogP contribution is 2.29. The van der Waals surface area contributed by atoms with Crippen LogP contribution in [0.4, 0.5) is 11.4 Å². The number of rotatable bonds is 6. The number of amides is 2. The first-order valence-electron chi connectivity index (χ1n) is 8.51. The normalized spacial score (nSPS) is 14.9. The Labute approximate surface area is 146 Å². The number of hydrogen-bond donors (Lipinski definition) is 2. The molecule has 2 amide bonds. The molecule has 2 rings (SSSR count). The van der Waals surface area contributed by atoms with Crippen LogP contribution in [0.5, 0.6) is 0 Å². The van der Waals surface area contributed by atoms with Crippen molar-refractivity contribution in [3.05, 3.63) is 33.9 Å². The summed E-state index contributed by atoms with van der Waals surface area (Å²) in [6.07, 6.45) is 2.29. The molecule has 0 radical (unpaired) electrons. The van der Waals surface area contributed by atoms with E-state index in [0.29, 0.717) is 38.2 Å². The number of piperidine rings is 1. The van der Waals surface area contributed by atoms with Crippen molar-refractivity contribution in [3.8, 4) is 0 Å². The first-order valence-corrected chi connectivity index (χ1v) is 8.51. The molecule has 0 spiro atoms. The summed E-state index contributed by atoms with van der Waals surface area (Å²) < 4.78 is 0. The van der Waals surface area contributed by atoms with Crippen LogP contribution < -0.4 is 15.5 Å². The summed E-state index contributed by atoms with van der Waals surface area (Å²) in [6.45, 7) is 3.96. The van der Waals surface area contributed by atoms with Crippen LogP contribution in [0.1, 0.15) is 36.5 Å². The molecule has 25 heavy (non-hydrogen) atoms. The lowest BCUT2D eigenvalue weighted by Gasteiger charge is -2.34. The molecule has 0 saturated carbocycles. The number of carbonyl (C=O) groups excluding carboxylic acids is 2. The number of nitro benzene ring substituents is 1. The van der Waals surface area contributed by atoms with E-state index in [1.165, 1.54) is 19.2 Å². The zero-order valence-corrected chi connectivity index (χ0v) is 14.6. The van der Waals surface area contributed by atoms with Gasteiger partial charge in [-0.1, -0.05) is 6.92 Å². The lowest BCUT2D eigenvalue weighted by atomic mass is 9.95. The van der Waals surface area contributed by atoms with Crippen LogP contribution in [0.2, 0.25) is 0 Å². The van der Waals surface area contributed by atoms with Crippen LogP contribution in [0.15, 0.2) is 18.2 Å². The zero-order chi connectivity index (χ0) is 18.4. The predicted octanol–water partition coefficient (Wildman–Crippen LogP) is 1.70. The third-order valence-corrected chi connectivity index (χ3v) is 4.42. The molecular weight excluding hydrogens is 324 g/mol. The molecule has 8 nitrogen and oxygen atoms in total. The summed E-state index contributed by atoms with van der Waals surface area (Å²) in [5.41, 5.74) is 0.833. The Bertz CT molecular complexity index is 654. The quantitative estimate of drug-likeness (QED) is 0.601. The van der Waals surface area contributed by atoms with Gasteiger partial charge in [-0.25, -0.2) is 0 Å². The zero-order valence-electron chi connectivity index (χ0n) is 14.6. The molecule has 1 aliphatic heterocycles. The van der Waals surface area contributed by atoms with Gasteiger partial charge in [-0.05, 0) is 25.3 Å². The van der Waals surface area contributed by atoms with Crippen molar-refractivity contribution in [1.29, 1.82) is 0 Å². The van der Waals surface area contributed by atoms with E-state index in [1.807, 2.05) is 11.8 Å². The van der Waals surface area contributed by atoms with E-state index in [9.17, 15) is 19.7 Å². The van der Waals surface area contributed by atoms with Crippen molar-refractivity contribution in [2.24, 2.45) is 5.92 Å². The average Bonchev–Trinajstić information content (AvgIpc) is 2.65. The molecule has 8 heteroatoms. The van der Waals surface area contributed by atoms with Crippen LogP contribution in [0.3, 0.4) is 0 Å². The molecule has 1 saturated heterocycles. The third kappa shape index (κ3) is 4.46. The fraction of sp³-hybridized carbons (Fsp3) is 0.529. The Balaban J connectivity index is 2.13. The summed E-state index contributed by atoms with van der Waals surface area (Å²) >= 11 is 0. The first kappa shape index (κ1) is 18.7. The second-order valence-corrected chi connectivity index (χ2v) is 6.09. The van der Waals surface area contributed by atoms with Crippen molar-refractivity contribution in [1.82, 2.24) is 10.6 Å². The maximum atomic E-state index is 12.1. The second-order valence-electron chi connectivity index (χ2n) is 6.09. The first-order chi connectivity index (χ1) is 12.0. The highest BCUT2D eigenvalue weighted by molar-refractivity contribution is 6.00. The summed E-state index contributed by atoms with van der Waals surface area (Å²) in [4.78, 5) is 36.7. The molecule has 1 aliphatic rings. The van der Waals surface area contributed by atoms with Gasteiger partial charge < -0.3 is 15.5 Å². The third-order valence-electron chi connectivity index (χ3n) is 4.42. The number of nitro groups is 1. The topological polar surface area (TPSA) is 105 Å². The summed E-state index contributed by atoms with van der Waals surface area (Å²) in [5, 5.41) is 16.4. The van der Waals surface area contributed by atoms with E-state index in [-0.39, 0.29) is 29.0 Å². The van der Waals surface area contributed by atoms with Gasteiger partial charge in [-0.3, -0.25) is 19.7 Å². The number of anilines is 1. The van der Waals surface area contributed by atoms with Crippen LogP contribution in [-0.4, -0.2) is 43.4 Å². The summed E-state index contributed by atoms with van der Waals surface area (Å²) in [5.74, 6) is -0.303. The number of carbonyl (C=O) groups is 2. The number of hydrogen-bond acceptors (Lipinski definition) is 5. The second kappa shape index (κ2) is 8.46. The van der Waals surface area contributed by atoms with Crippen molar-refractivity contribution in [3.63, 3.8) is 0 Å². The average molecular weight is 348 g/mol. The number of nitrogens with one attached hydrogen (secondary N) is 2. The Kier molecular flexibility index (Phi) is 6.32. The summed E-state index contributed by atoms with van der Waals surface area (Å²) in [7, 11) is 1.50. The molecule has 136 valence electrons. The van der Waals surface area contributed by atoms with E-state index < -0.39 is 4.92 Å². The van der Waals surface area contributed by atoms with E-state index in [0.717, 1.165) is 6.42 Å². The minimum Gasteiger partial charge on any atom is -0.371 e. The van der Waals surface area contributed by atoms with Crippen LogP contribution in [0, 0.1) is 16.0 Å². The van der Waals surface area contributed by atoms with Gasteiger partial charge in [0.1, 0.15) is 0 Å². The van der Waals surface area contributed by atoms with Gasteiger partial charge in [0.25, 0.3) is 11.6 Å². The van der Waals surface area contributed by atoms with Crippen LogP contribution in [-0.2, 0) is 4.79 Å². The molecule has 1 aromatic carbocycles. The molecule has 0 bridgehead atoms. The smallest absolute Gasteiger partial charge is 0.270 e. The SMILES string of the molecule is CCCNC(=O)C1CCN(c2ccc([N+](=O)[O-])cc2C(=O)NC)CC1. The predicted molar refractivity (Wildman–Crippen MR) is 94.7 cm³/mol. The molecular formula is C17H24N4O4. The molecule has 2 N–H and O–H groups in total. The standard InChI is InChI=1S/C17H24N4O4/c1-3-8-19-16(22)12-6-9-20(10-7-12)15-5-4-13(21(24)25)11-14(15)17(23)18-2/h4-5,11-12H,3,6-10H2,1-2H3,(H,18,23)(H,19,22). The number of non-ortho nitro benzene ring substituents is 1. The van der Waals surface area contributed by atoms with Gasteiger partial charge in [0.05, 0.1) is 16.2 Å². The highest BCUT2D eigenvalue weighted by Gasteiger charge is 2.27. The van der Waals surface area contributed by atoms with E-state index in [2.05, 4.69) is 10.6 Å². The van der Waals surface area contributed by atoms with Crippen molar-refractivity contribution < 1.29 is 14.5 Å². The molecule has 0 aliphatic carbocycles. The lowest BCUT2D eigenvalue weighted by molar-refractivity contribution is -0.384. The summed E-state index contributed by atoms with van der Waals surface area (Å²) in [6, 6.07) is 4.32. The molecule has 1 fully saturated rings.